The smallest absolute Gasteiger partial charge is 0.287 e. The lowest BCUT2D eigenvalue weighted by atomic mass is 9.76. The molecule has 3 nitrogen and oxygen atoms in total. The van der Waals surface area contributed by atoms with Gasteiger partial charge in [0, 0.05) is 12.0 Å². The summed E-state index contributed by atoms with van der Waals surface area (Å²) in [5, 5.41) is 2.79. The Morgan fingerprint density at radius 2 is 2.13 bits per heavy atom. The summed E-state index contributed by atoms with van der Waals surface area (Å²) in [4.78, 5) is 22.7. The molecule has 0 aromatic carbocycles. The van der Waals surface area contributed by atoms with Crippen LogP contribution in [0.25, 0.3) is 0 Å². The quantitative estimate of drug-likeness (QED) is 0.718. The monoisotopic (exact) mass is 209 g/mol. The van der Waals surface area contributed by atoms with Crippen molar-refractivity contribution in [2.24, 2.45) is 11.8 Å². The van der Waals surface area contributed by atoms with Crippen LogP contribution in [0.4, 0.5) is 0 Å². The number of amides is 1. The molecule has 1 amide bonds. The van der Waals surface area contributed by atoms with Crippen molar-refractivity contribution < 1.29 is 9.59 Å². The number of nitrogens with one attached hydrogen (secondary N) is 1. The van der Waals surface area contributed by atoms with Gasteiger partial charge in [0.1, 0.15) is 0 Å². The minimum atomic E-state index is -0.346. The van der Waals surface area contributed by atoms with E-state index in [0.717, 1.165) is 12.8 Å². The van der Waals surface area contributed by atoms with Crippen molar-refractivity contribution in [2.45, 2.75) is 51.5 Å². The molecule has 3 atom stereocenters. The lowest BCUT2D eigenvalue weighted by molar-refractivity contribution is -0.136. The molecular formula is C12H19NO2. The molecule has 1 saturated heterocycles. The second-order valence-corrected chi connectivity index (χ2v) is 4.87. The molecule has 0 radical (unpaired) electrons. The molecule has 15 heavy (non-hydrogen) atoms. The molecule has 2 rings (SSSR count). The SMILES string of the molecule is CCCCC1CCC2NC(=O)C(=O)C2C1. The van der Waals surface area contributed by atoms with Gasteiger partial charge in [0.15, 0.2) is 0 Å². The third-order valence-corrected chi connectivity index (χ3v) is 3.80. The molecule has 0 aromatic heterocycles. The molecule has 3 unspecified atom stereocenters. The lowest BCUT2D eigenvalue weighted by Crippen LogP contribution is -2.34. The number of unbranched alkanes of at least 4 members (excludes halogenated alkanes) is 1. The van der Waals surface area contributed by atoms with Gasteiger partial charge in [-0.2, -0.15) is 0 Å². The summed E-state index contributed by atoms with van der Waals surface area (Å²) < 4.78 is 0. The first-order valence-corrected chi connectivity index (χ1v) is 6.07. The van der Waals surface area contributed by atoms with Crippen molar-refractivity contribution in [3.05, 3.63) is 0 Å². The van der Waals surface area contributed by atoms with Gasteiger partial charge in [-0.3, -0.25) is 9.59 Å². The van der Waals surface area contributed by atoms with Gasteiger partial charge in [0.25, 0.3) is 5.91 Å². The fraction of sp³-hybridized carbons (Fsp3) is 0.833. The Bertz CT molecular complexity index is 275. The number of hydrogen-bond acceptors (Lipinski definition) is 2. The summed E-state index contributed by atoms with van der Waals surface area (Å²) >= 11 is 0. The van der Waals surface area contributed by atoms with E-state index in [-0.39, 0.29) is 23.7 Å². The highest BCUT2D eigenvalue weighted by Crippen LogP contribution is 2.35. The van der Waals surface area contributed by atoms with Gasteiger partial charge in [0.2, 0.25) is 5.78 Å². The number of carbonyl (C=O) groups excluding carboxylic acids is 2. The Balaban J connectivity index is 1.92. The number of carbonyl (C=O) groups is 2. The molecule has 1 saturated carbocycles. The van der Waals surface area contributed by atoms with Gasteiger partial charge >= 0.3 is 0 Å². The van der Waals surface area contributed by atoms with Crippen molar-refractivity contribution in [1.82, 2.24) is 5.32 Å². The van der Waals surface area contributed by atoms with Crippen LogP contribution in [0.2, 0.25) is 0 Å². The maximum atomic E-state index is 11.5. The second-order valence-electron chi connectivity index (χ2n) is 4.87. The number of Topliss-reactive ketones (excluding diaryl/α,β-unsaturated/α-hetero) is 1. The summed E-state index contributed by atoms with van der Waals surface area (Å²) in [5.41, 5.74) is 0. The largest absolute Gasteiger partial charge is 0.346 e. The topological polar surface area (TPSA) is 46.2 Å². The fourth-order valence-electron chi connectivity index (χ4n) is 2.88. The summed E-state index contributed by atoms with van der Waals surface area (Å²) in [7, 11) is 0. The van der Waals surface area contributed by atoms with E-state index in [1.807, 2.05) is 0 Å². The number of fused-ring (bicyclic) bond motifs is 1. The molecule has 1 heterocycles. The summed E-state index contributed by atoms with van der Waals surface area (Å²) in [6, 6.07) is 0.155. The molecule has 0 bridgehead atoms. The van der Waals surface area contributed by atoms with Gasteiger partial charge < -0.3 is 5.32 Å². The molecule has 1 aliphatic carbocycles. The van der Waals surface area contributed by atoms with Crippen LogP contribution in [-0.4, -0.2) is 17.7 Å². The molecule has 1 N–H and O–H groups in total. The van der Waals surface area contributed by atoms with Crippen LogP contribution in [0.1, 0.15) is 45.4 Å². The van der Waals surface area contributed by atoms with Crippen molar-refractivity contribution in [3.63, 3.8) is 0 Å². The number of hydrogen-bond donors (Lipinski definition) is 1. The van der Waals surface area contributed by atoms with Gasteiger partial charge in [-0.1, -0.05) is 26.2 Å². The summed E-state index contributed by atoms with van der Waals surface area (Å²) in [6.45, 7) is 2.19. The lowest BCUT2D eigenvalue weighted by Gasteiger charge is -2.29. The molecule has 0 aromatic rings. The van der Waals surface area contributed by atoms with Crippen LogP contribution in [0.3, 0.4) is 0 Å². The van der Waals surface area contributed by atoms with Crippen LogP contribution in [-0.2, 0) is 9.59 Å². The Morgan fingerprint density at radius 3 is 2.87 bits per heavy atom. The van der Waals surface area contributed by atoms with Crippen LogP contribution in [0, 0.1) is 11.8 Å². The normalized spacial score (nSPS) is 35.1. The zero-order valence-corrected chi connectivity index (χ0v) is 9.29. The Labute approximate surface area is 90.6 Å². The van der Waals surface area contributed by atoms with E-state index in [2.05, 4.69) is 12.2 Å². The first-order valence-electron chi connectivity index (χ1n) is 6.07. The maximum absolute atomic E-state index is 11.5. The van der Waals surface area contributed by atoms with Gasteiger partial charge in [-0.15, -0.1) is 0 Å². The molecule has 84 valence electrons. The van der Waals surface area contributed by atoms with Gasteiger partial charge in [0.05, 0.1) is 0 Å². The Kier molecular flexibility index (Phi) is 3.08. The standard InChI is InChI=1S/C12H19NO2/c1-2-3-4-8-5-6-10-9(7-8)11(14)12(15)13-10/h8-10H,2-7H2,1H3,(H,13,15). The third kappa shape index (κ3) is 2.06. The minimum Gasteiger partial charge on any atom is -0.346 e. The highest BCUT2D eigenvalue weighted by molar-refractivity contribution is 6.39. The van der Waals surface area contributed by atoms with E-state index in [0.29, 0.717) is 5.92 Å². The predicted molar refractivity (Wildman–Crippen MR) is 57.3 cm³/mol. The van der Waals surface area contributed by atoms with E-state index in [4.69, 9.17) is 0 Å². The molecule has 3 heteroatoms. The van der Waals surface area contributed by atoms with E-state index < -0.39 is 0 Å². The first-order chi connectivity index (χ1) is 7.22. The van der Waals surface area contributed by atoms with Gasteiger partial charge in [-0.05, 0) is 25.2 Å². The van der Waals surface area contributed by atoms with E-state index in [1.54, 1.807) is 0 Å². The highest BCUT2D eigenvalue weighted by Gasteiger charge is 2.44. The van der Waals surface area contributed by atoms with Crippen molar-refractivity contribution in [3.8, 4) is 0 Å². The molecule has 0 spiro atoms. The van der Waals surface area contributed by atoms with Crippen LogP contribution < -0.4 is 5.32 Å². The number of rotatable bonds is 3. The summed E-state index contributed by atoms with van der Waals surface area (Å²) in [6.07, 6.45) is 6.79. The van der Waals surface area contributed by atoms with Crippen molar-refractivity contribution >= 4 is 11.7 Å². The zero-order chi connectivity index (χ0) is 10.8. The fourth-order valence-corrected chi connectivity index (χ4v) is 2.88. The Morgan fingerprint density at radius 1 is 1.33 bits per heavy atom. The zero-order valence-electron chi connectivity index (χ0n) is 9.29. The van der Waals surface area contributed by atoms with E-state index >= 15 is 0 Å². The third-order valence-electron chi connectivity index (χ3n) is 3.80. The molecular weight excluding hydrogens is 190 g/mol. The van der Waals surface area contributed by atoms with E-state index in [1.165, 1.54) is 25.7 Å². The predicted octanol–water partition coefficient (Wildman–Crippen LogP) is 1.66. The number of ketones is 1. The minimum absolute atomic E-state index is 0.00638. The first kappa shape index (κ1) is 10.7. The Hall–Kier alpha value is -0.860. The summed E-state index contributed by atoms with van der Waals surface area (Å²) in [5.74, 6) is 0.151. The highest BCUT2D eigenvalue weighted by atomic mass is 16.2. The van der Waals surface area contributed by atoms with E-state index in [9.17, 15) is 9.59 Å². The average Bonchev–Trinajstić information content (AvgIpc) is 2.52. The average molecular weight is 209 g/mol. The molecule has 2 aliphatic rings. The van der Waals surface area contributed by atoms with Crippen LogP contribution in [0.15, 0.2) is 0 Å². The van der Waals surface area contributed by atoms with Crippen LogP contribution in [0.5, 0.6) is 0 Å². The van der Waals surface area contributed by atoms with Crippen molar-refractivity contribution in [2.75, 3.05) is 0 Å². The second kappa shape index (κ2) is 4.33. The maximum Gasteiger partial charge on any atom is 0.287 e. The van der Waals surface area contributed by atoms with Crippen LogP contribution >= 0.6 is 0 Å². The molecule has 1 aliphatic heterocycles. The van der Waals surface area contributed by atoms with Crippen molar-refractivity contribution in [1.29, 1.82) is 0 Å². The molecule has 2 fully saturated rings. The van der Waals surface area contributed by atoms with Gasteiger partial charge in [-0.25, -0.2) is 0 Å².